The largest absolute Gasteiger partial charge is 0.367 e. The molecule has 20 heavy (non-hydrogen) atoms. The molecule has 0 saturated carbocycles. The standard InChI is InChI=1S/C14H19ClN2O2S/c15-11-4-1-2-5-13(11)20-9-3-6-17-7-8-19-12(10-17)14(16)18/h1-2,4-5,12H,3,6-10H2,(H2,16,18). The zero-order valence-corrected chi connectivity index (χ0v) is 12.8. The van der Waals surface area contributed by atoms with Crippen molar-refractivity contribution >= 4 is 29.3 Å². The fourth-order valence-electron chi connectivity index (χ4n) is 2.11. The molecule has 0 aliphatic carbocycles. The molecule has 0 bridgehead atoms. The summed E-state index contributed by atoms with van der Waals surface area (Å²) in [5.74, 6) is 0.627. The Morgan fingerprint density at radius 2 is 2.30 bits per heavy atom. The Labute approximate surface area is 128 Å². The summed E-state index contributed by atoms with van der Waals surface area (Å²) in [6.45, 7) is 2.99. The van der Waals surface area contributed by atoms with Crippen LogP contribution in [0.2, 0.25) is 5.02 Å². The van der Waals surface area contributed by atoms with Crippen LogP contribution in [0.1, 0.15) is 6.42 Å². The third kappa shape index (κ3) is 4.66. The first-order valence-electron chi connectivity index (χ1n) is 6.67. The summed E-state index contributed by atoms with van der Waals surface area (Å²) in [6, 6.07) is 7.87. The molecular weight excluding hydrogens is 296 g/mol. The predicted octanol–water partition coefficient (Wildman–Crippen LogP) is 2.01. The second kappa shape index (κ2) is 7.88. The number of rotatable bonds is 6. The van der Waals surface area contributed by atoms with Crippen molar-refractivity contribution in [3.63, 3.8) is 0 Å². The van der Waals surface area contributed by atoms with E-state index in [1.54, 1.807) is 11.8 Å². The molecule has 1 heterocycles. The first-order valence-corrected chi connectivity index (χ1v) is 8.04. The second-order valence-electron chi connectivity index (χ2n) is 4.69. The summed E-state index contributed by atoms with van der Waals surface area (Å²) in [5, 5.41) is 0.803. The highest BCUT2D eigenvalue weighted by Gasteiger charge is 2.24. The zero-order chi connectivity index (χ0) is 14.4. The topological polar surface area (TPSA) is 55.6 Å². The third-order valence-corrected chi connectivity index (χ3v) is 4.78. The van der Waals surface area contributed by atoms with Crippen molar-refractivity contribution in [2.45, 2.75) is 17.4 Å². The number of morpholine rings is 1. The Bertz CT molecular complexity index is 459. The molecular formula is C14H19ClN2O2S. The lowest BCUT2D eigenvalue weighted by Gasteiger charge is -2.31. The number of nitrogens with zero attached hydrogens (tertiary/aromatic N) is 1. The molecule has 1 fully saturated rings. The van der Waals surface area contributed by atoms with Crippen molar-refractivity contribution in [3.8, 4) is 0 Å². The van der Waals surface area contributed by atoms with Gasteiger partial charge in [0.25, 0.3) is 0 Å². The van der Waals surface area contributed by atoms with Crippen LogP contribution in [-0.4, -0.2) is 48.9 Å². The van der Waals surface area contributed by atoms with Crippen molar-refractivity contribution in [1.29, 1.82) is 0 Å². The molecule has 1 aromatic carbocycles. The molecule has 1 saturated heterocycles. The van der Waals surface area contributed by atoms with Crippen molar-refractivity contribution in [3.05, 3.63) is 29.3 Å². The molecule has 6 heteroatoms. The molecule has 1 aliphatic rings. The van der Waals surface area contributed by atoms with Crippen LogP contribution in [-0.2, 0) is 9.53 Å². The van der Waals surface area contributed by atoms with Crippen molar-refractivity contribution < 1.29 is 9.53 Å². The zero-order valence-electron chi connectivity index (χ0n) is 11.3. The van der Waals surface area contributed by atoms with Crippen LogP contribution in [0.5, 0.6) is 0 Å². The molecule has 110 valence electrons. The van der Waals surface area contributed by atoms with Gasteiger partial charge in [-0.3, -0.25) is 9.69 Å². The summed E-state index contributed by atoms with van der Waals surface area (Å²) in [5.41, 5.74) is 5.27. The minimum atomic E-state index is -0.458. The average Bonchev–Trinajstić information content (AvgIpc) is 2.45. The Hall–Kier alpha value is -0.750. The summed E-state index contributed by atoms with van der Waals surface area (Å²) < 4.78 is 5.32. The van der Waals surface area contributed by atoms with E-state index in [0.717, 1.165) is 35.2 Å². The van der Waals surface area contributed by atoms with Crippen LogP contribution in [0.3, 0.4) is 0 Å². The van der Waals surface area contributed by atoms with Gasteiger partial charge in [-0.05, 0) is 30.9 Å². The number of carbonyl (C=O) groups excluding carboxylic acids is 1. The number of amides is 1. The van der Waals surface area contributed by atoms with Crippen LogP contribution >= 0.6 is 23.4 Å². The number of nitrogens with two attached hydrogens (primary N) is 1. The minimum Gasteiger partial charge on any atom is -0.367 e. The third-order valence-electron chi connectivity index (χ3n) is 3.18. The van der Waals surface area contributed by atoms with Crippen LogP contribution in [0.4, 0.5) is 0 Å². The van der Waals surface area contributed by atoms with Crippen molar-refractivity contribution in [1.82, 2.24) is 4.90 Å². The van der Waals surface area contributed by atoms with Gasteiger partial charge in [0.1, 0.15) is 6.10 Å². The number of halogens is 1. The molecule has 1 atom stereocenters. The molecule has 1 unspecified atom stereocenters. The lowest BCUT2D eigenvalue weighted by molar-refractivity contribution is -0.135. The van der Waals surface area contributed by atoms with Crippen LogP contribution in [0.25, 0.3) is 0 Å². The Morgan fingerprint density at radius 3 is 3.05 bits per heavy atom. The van der Waals surface area contributed by atoms with E-state index in [2.05, 4.69) is 4.90 Å². The van der Waals surface area contributed by atoms with E-state index < -0.39 is 6.10 Å². The van der Waals surface area contributed by atoms with Gasteiger partial charge in [0.2, 0.25) is 5.91 Å². The predicted molar refractivity (Wildman–Crippen MR) is 82.2 cm³/mol. The number of ether oxygens (including phenoxy) is 1. The fourth-order valence-corrected chi connectivity index (χ4v) is 3.28. The highest BCUT2D eigenvalue weighted by molar-refractivity contribution is 7.99. The maximum absolute atomic E-state index is 11.1. The molecule has 0 spiro atoms. The maximum atomic E-state index is 11.1. The molecule has 4 nitrogen and oxygen atoms in total. The van der Waals surface area contributed by atoms with E-state index in [1.807, 2.05) is 24.3 Å². The number of carbonyl (C=O) groups is 1. The molecule has 0 radical (unpaired) electrons. The average molecular weight is 315 g/mol. The van der Waals surface area contributed by atoms with E-state index in [0.29, 0.717) is 13.2 Å². The SMILES string of the molecule is NC(=O)C1CN(CCCSc2ccccc2Cl)CCO1. The van der Waals surface area contributed by atoms with Gasteiger partial charge in [0.15, 0.2) is 0 Å². The number of primary amides is 1. The molecule has 0 aromatic heterocycles. The molecule has 1 amide bonds. The quantitative estimate of drug-likeness (QED) is 0.644. The number of thioether (sulfide) groups is 1. The Morgan fingerprint density at radius 1 is 1.50 bits per heavy atom. The summed E-state index contributed by atoms with van der Waals surface area (Å²) >= 11 is 7.87. The Kier molecular flexibility index (Phi) is 6.16. The summed E-state index contributed by atoms with van der Waals surface area (Å²) in [6.07, 6.45) is 0.585. The highest BCUT2D eigenvalue weighted by atomic mass is 35.5. The van der Waals surface area contributed by atoms with Gasteiger partial charge in [-0.25, -0.2) is 0 Å². The van der Waals surface area contributed by atoms with E-state index >= 15 is 0 Å². The van der Waals surface area contributed by atoms with Gasteiger partial charge in [-0.2, -0.15) is 0 Å². The van der Waals surface area contributed by atoms with Gasteiger partial charge >= 0.3 is 0 Å². The Balaban J connectivity index is 1.68. The molecule has 2 N–H and O–H groups in total. The number of benzene rings is 1. The molecule has 1 aromatic rings. The van der Waals surface area contributed by atoms with Crippen LogP contribution < -0.4 is 5.73 Å². The normalized spacial score (nSPS) is 19.9. The van der Waals surface area contributed by atoms with E-state index in [-0.39, 0.29) is 5.91 Å². The van der Waals surface area contributed by atoms with Gasteiger partial charge in [0.05, 0.1) is 11.6 Å². The van der Waals surface area contributed by atoms with Gasteiger partial charge in [0, 0.05) is 18.0 Å². The van der Waals surface area contributed by atoms with Crippen LogP contribution in [0, 0.1) is 0 Å². The van der Waals surface area contributed by atoms with Gasteiger partial charge < -0.3 is 10.5 Å². The summed E-state index contributed by atoms with van der Waals surface area (Å²) in [7, 11) is 0. The smallest absolute Gasteiger partial charge is 0.247 e. The number of hydrogen-bond acceptors (Lipinski definition) is 4. The van der Waals surface area contributed by atoms with E-state index in [4.69, 9.17) is 22.1 Å². The van der Waals surface area contributed by atoms with Crippen LogP contribution in [0.15, 0.2) is 29.2 Å². The maximum Gasteiger partial charge on any atom is 0.247 e. The van der Waals surface area contributed by atoms with Crippen molar-refractivity contribution in [2.75, 3.05) is 32.0 Å². The number of hydrogen-bond donors (Lipinski definition) is 1. The lowest BCUT2D eigenvalue weighted by Crippen LogP contribution is -2.48. The van der Waals surface area contributed by atoms with Gasteiger partial charge in [-0.15, -0.1) is 11.8 Å². The fraction of sp³-hybridized carbons (Fsp3) is 0.500. The highest BCUT2D eigenvalue weighted by Crippen LogP contribution is 2.26. The summed E-state index contributed by atoms with van der Waals surface area (Å²) in [4.78, 5) is 14.4. The molecule has 2 rings (SSSR count). The minimum absolute atomic E-state index is 0.375. The van der Waals surface area contributed by atoms with E-state index in [1.165, 1.54) is 0 Å². The molecule has 1 aliphatic heterocycles. The van der Waals surface area contributed by atoms with Gasteiger partial charge in [-0.1, -0.05) is 23.7 Å². The van der Waals surface area contributed by atoms with Crippen molar-refractivity contribution in [2.24, 2.45) is 5.73 Å². The van der Waals surface area contributed by atoms with E-state index in [9.17, 15) is 4.79 Å². The lowest BCUT2D eigenvalue weighted by atomic mass is 10.2. The first kappa shape index (κ1) is 15.6. The monoisotopic (exact) mass is 314 g/mol. The second-order valence-corrected chi connectivity index (χ2v) is 6.24. The first-order chi connectivity index (χ1) is 9.66.